The molecule has 0 aliphatic rings. The molecule has 0 spiro atoms. The second-order valence-corrected chi connectivity index (χ2v) is 6.21. The first kappa shape index (κ1) is 22.1. The van der Waals surface area contributed by atoms with Gasteiger partial charge in [-0.05, 0) is 31.9 Å². The number of ether oxygens (including phenoxy) is 2. The van der Waals surface area contributed by atoms with Gasteiger partial charge in [-0.3, -0.25) is 14.6 Å². The van der Waals surface area contributed by atoms with Crippen LogP contribution in [0.1, 0.15) is 44.0 Å². The lowest BCUT2D eigenvalue weighted by molar-refractivity contribution is -0.148. The number of ketones is 1. The highest BCUT2D eigenvalue weighted by molar-refractivity contribution is 6.41. The van der Waals surface area contributed by atoms with Crippen molar-refractivity contribution in [2.45, 2.75) is 33.6 Å². The summed E-state index contributed by atoms with van der Waals surface area (Å²) in [6.45, 7) is 5.41. The maximum atomic E-state index is 12.1. The number of nitrogens with zero attached hydrogens (tertiary/aromatic N) is 1. The topological polar surface area (TPSA) is 82.0 Å². The molecule has 1 atom stereocenters. The first-order chi connectivity index (χ1) is 12.3. The fraction of sp³-hybridized carbons (Fsp3) is 0.444. The van der Waals surface area contributed by atoms with E-state index in [1.54, 1.807) is 0 Å². The van der Waals surface area contributed by atoms with Gasteiger partial charge in [0.25, 0.3) is 0 Å². The molecule has 26 heavy (non-hydrogen) atoms. The molecule has 0 saturated carbocycles. The lowest BCUT2D eigenvalue weighted by atomic mass is 10.1. The minimum Gasteiger partial charge on any atom is -0.465 e. The Hall–Kier alpha value is -1.92. The lowest BCUT2D eigenvalue weighted by Gasteiger charge is -2.10. The Morgan fingerprint density at radius 1 is 1.12 bits per heavy atom. The first-order valence-electron chi connectivity index (χ1n) is 8.19. The quantitative estimate of drug-likeness (QED) is 0.347. The number of carbonyl (C=O) groups excluding carboxylic acids is 3. The number of aliphatic imine (C=N–C) groups is 1. The van der Waals surface area contributed by atoms with Crippen LogP contribution in [-0.4, -0.2) is 37.2 Å². The zero-order valence-corrected chi connectivity index (χ0v) is 16.4. The van der Waals surface area contributed by atoms with Gasteiger partial charge in [0.2, 0.25) is 0 Å². The molecule has 1 aromatic rings. The van der Waals surface area contributed by atoms with E-state index in [0.29, 0.717) is 12.8 Å². The van der Waals surface area contributed by atoms with Crippen LogP contribution in [0.3, 0.4) is 0 Å². The van der Waals surface area contributed by atoms with Crippen LogP contribution in [0.15, 0.2) is 17.1 Å². The number of carbonyl (C=O) groups is 3. The van der Waals surface area contributed by atoms with Crippen LogP contribution in [0.25, 0.3) is 0 Å². The lowest BCUT2D eigenvalue weighted by Crippen LogP contribution is -2.25. The molecule has 0 radical (unpaired) electrons. The summed E-state index contributed by atoms with van der Waals surface area (Å²) in [7, 11) is 0. The average Bonchev–Trinajstić information content (AvgIpc) is 2.59. The number of esters is 2. The molecular weight excluding hydrogens is 381 g/mol. The summed E-state index contributed by atoms with van der Waals surface area (Å²) in [6.07, 6.45) is 2.44. The number of rotatable bonds is 9. The highest BCUT2D eigenvalue weighted by Gasteiger charge is 2.24. The second-order valence-electron chi connectivity index (χ2n) is 5.43. The molecule has 0 aliphatic heterocycles. The molecule has 0 bridgehead atoms. The number of halogens is 2. The Morgan fingerprint density at radius 3 is 2.31 bits per heavy atom. The molecule has 1 rings (SSSR count). The third kappa shape index (κ3) is 6.11. The molecule has 0 fully saturated rings. The van der Waals surface area contributed by atoms with Crippen molar-refractivity contribution in [1.82, 2.24) is 0 Å². The zero-order chi connectivity index (χ0) is 19.7. The van der Waals surface area contributed by atoms with E-state index in [1.807, 2.05) is 13.8 Å². The molecule has 1 unspecified atom stereocenters. The van der Waals surface area contributed by atoms with Crippen molar-refractivity contribution in [3.63, 3.8) is 0 Å². The third-order valence-corrected chi connectivity index (χ3v) is 3.91. The van der Waals surface area contributed by atoms with Crippen molar-refractivity contribution in [3.05, 3.63) is 27.7 Å². The van der Waals surface area contributed by atoms with Crippen LogP contribution in [0, 0.1) is 5.92 Å². The molecule has 6 nitrogen and oxygen atoms in total. The molecular formula is C18H21Cl2NO5. The fourth-order valence-electron chi connectivity index (χ4n) is 1.87. The Bertz CT molecular complexity index is 703. The van der Waals surface area contributed by atoms with E-state index in [2.05, 4.69) is 4.99 Å². The Labute approximate surface area is 162 Å². The van der Waals surface area contributed by atoms with Crippen LogP contribution in [0.4, 0.5) is 5.69 Å². The summed E-state index contributed by atoms with van der Waals surface area (Å²) in [5, 5.41) is 0.111. The van der Waals surface area contributed by atoms with Crippen molar-refractivity contribution in [1.29, 1.82) is 0 Å². The Morgan fingerprint density at radius 2 is 1.73 bits per heavy atom. The van der Waals surface area contributed by atoms with Gasteiger partial charge in [-0.15, -0.1) is 0 Å². The highest BCUT2D eigenvalue weighted by Crippen LogP contribution is 2.34. The Kier molecular flexibility index (Phi) is 9.30. The number of Topliss-reactive ketones (excluding diaryl/α,β-unsaturated/α-hetero) is 1. The number of hydrogen-bond donors (Lipinski definition) is 0. The molecule has 0 aliphatic carbocycles. The summed E-state index contributed by atoms with van der Waals surface area (Å²) in [5.41, 5.74) is 0.179. The monoisotopic (exact) mass is 401 g/mol. The zero-order valence-electron chi connectivity index (χ0n) is 14.9. The van der Waals surface area contributed by atoms with Crippen molar-refractivity contribution in [2.24, 2.45) is 10.9 Å². The van der Waals surface area contributed by atoms with Gasteiger partial charge in [0.15, 0.2) is 5.92 Å². The van der Waals surface area contributed by atoms with E-state index in [4.69, 9.17) is 32.7 Å². The van der Waals surface area contributed by atoms with Crippen LogP contribution >= 0.6 is 23.2 Å². The van der Waals surface area contributed by atoms with E-state index >= 15 is 0 Å². The maximum absolute atomic E-state index is 12.1. The van der Waals surface area contributed by atoms with Crippen molar-refractivity contribution < 1.29 is 23.9 Å². The van der Waals surface area contributed by atoms with Crippen LogP contribution < -0.4 is 0 Å². The van der Waals surface area contributed by atoms with Gasteiger partial charge in [-0.1, -0.05) is 37.0 Å². The largest absolute Gasteiger partial charge is 0.465 e. The normalized spacial score (nSPS) is 12.0. The second kappa shape index (κ2) is 10.9. The molecule has 1 aromatic carbocycles. The van der Waals surface area contributed by atoms with E-state index in [1.165, 1.54) is 19.1 Å². The van der Waals surface area contributed by atoms with Crippen LogP contribution in [-0.2, 0) is 19.1 Å². The fourth-order valence-corrected chi connectivity index (χ4v) is 2.45. The van der Waals surface area contributed by atoms with E-state index < -0.39 is 23.6 Å². The standard InChI is InChI=1S/C18H21Cl2NO5/c1-4-8-25-17(23)12(11(3)22)10-21-14-7-6-13(19)15(16(14)20)18(24)26-9-5-2/h6-7,10,12H,4-5,8-9H2,1-3H3. The summed E-state index contributed by atoms with van der Waals surface area (Å²) < 4.78 is 10.0. The molecule has 8 heteroatoms. The van der Waals surface area contributed by atoms with Gasteiger partial charge < -0.3 is 9.47 Å². The van der Waals surface area contributed by atoms with Crippen molar-refractivity contribution in [2.75, 3.05) is 13.2 Å². The summed E-state index contributed by atoms with van der Waals surface area (Å²) >= 11 is 12.2. The van der Waals surface area contributed by atoms with E-state index in [0.717, 1.165) is 6.21 Å². The highest BCUT2D eigenvalue weighted by atomic mass is 35.5. The van der Waals surface area contributed by atoms with Gasteiger partial charge in [0, 0.05) is 6.21 Å². The first-order valence-corrected chi connectivity index (χ1v) is 8.95. The van der Waals surface area contributed by atoms with Crippen molar-refractivity contribution >= 4 is 52.8 Å². The molecule has 0 amide bonds. The molecule has 0 N–H and O–H groups in total. The molecule has 0 saturated heterocycles. The third-order valence-electron chi connectivity index (χ3n) is 3.22. The summed E-state index contributed by atoms with van der Waals surface area (Å²) in [5.74, 6) is -2.91. The Balaban J connectivity index is 3.11. The van der Waals surface area contributed by atoms with Crippen molar-refractivity contribution in [3.8, 4) is 0 Å². The smallest absolute Gasteiger partial charge is 0.341 e. The average molecular weight is 402 g/mol. The summed E-state index contributed by atoms with van der Waals surface area (Å²) in [4.78, 5) is 39.8. The number of benzene rings is 1. The van der Waals surface area contributed by atoms with Gasteiger partial charge in [-0.25, -0.2) is 4.79 Å². The number of hydrogen-bond acceptors (Lipinski definition) is 6. The van der Waals surface area contributed by atoms with Gasteiger partial charge in [0.1, 0.15) is 5.78 Å². The van der Waals surface area contributed by atoms with E-state index in [9.17, 15) is 14.4 Å². The maximum Gasteiger partial charge on any atom is 0.341 e. The van der Waals surface area contributed by atoms with E-state index in [-0.39, 0.29) is 34.5 Å². The van der Waals surface area contributed by atoms with Gasteiger partial charge >= 0.3 is 11.9 Å². The van der Waals surface area contributed by atoms with Gasteiger partial charge in [0.05, 0.1) is 34.5 Å². The molecule has 142 valence electrons. The minimum atomic E-state index is -1.15. The molecule has 0 heterocycles. The van der Waals surface area contributed by atoms with Gasteiger partial charge in [-0.2, -0.15) is 0 Å². The predicted octanol–water partition coefficient (Wildman–Crippen LogP) is 4.42. The van der Waals surface area contributed by atoms with Crippen LogP contribution in [0.5, 0.6) is 0 Å². The summed E-state index contributed by atoms with van der Waals surface area (Å²) in [6, 6.07) is 2.92. The predicted molar refractivity (Wildman–Crippen MR) is 101 cm³/mol. The molecule has 0 aromatic heterocycles. The SMILES string of the molecule is CCCOC(=O)c1c(Cl)ccc(N=CC(C(C)=O)C(=O)OCCC)c1Cl. The minimum absolute atomic E-state index is 0.00984. The van der Waals surface area contributed by atoms with Crippen LogP contribution in [0.2, 0.25) is 10.0 Å².